The van der Waals surface area contributed by atoms with Crippen LogP contribution in [-0.4, -0.2) is 38.4 Å². The van der Waals surface area contributed by atoms with Gasteiger partial charge in [0.15, 0.2) is 0 Å². The highest BCUT2D eigenvalue weighted by Gasteiger charge is 2.26. The summed E-state index contributed by atoms with van der Waals surface area (Å²) in [4.78, 5) is 14.7. The lowest BCUT2D eigenvalue weighted by Gasteiger charge is -2.35. The van der Waals surface area contributed by atoms with Crippen LogP contribution in [0.3, 0.4) is 0 Å². The number of likely N-dealkylation sites (tertiary alicyclic amines) is 1. The fourth-order valence-electron chi connectivity index (χ4n) is 3.29. The zero-order chi connectivity index (χ0) is 19.4. The highest BCUT2D eigenvalue weighted by Crippen LogP contribution is 2.21. The van der Waals surface area contributed by atoms with Crippen LogP contribution in [0, 0.1) is 6.92 Å². The van der Waals surface area contributed by atoms with Crippen LogP contribution in [0.1, 0.15) is 35.2 Å². The highest BCUT2D eigenvalue weighted by molar-refractivity contribution is 7.92. The molecule has 6 nitrogen and oxygen atoms in total. The summed E-state index contributed by atoms with van der Waals surface area (Å²) in [5, 5.41) is 0. The third kappa shape index (κ3) is 4.48. The van der Waals surface area contributed by atoms with Crippen LogP contribution in [0.25, 0.3) is 0 Å². The topological polar surface area (TPSA) is 92.5 Å². The number of benzene rings is 2. The number of rotatable bonds is 5. The molecule has 1 amide bonds. The number of carbonyl (C=O) groups is 1. The fraction of sp³-hybridized carbons (Fsp3) is 0.350. The van der Waals surface area contributed by atoms with Gasteiger partial charge in [-0.05, 0) is 62.6 Å². The predicted octanol–water partition coefficient (Wildman–Crippen LogP) is 2.75. The van der Waals surface area contributed by atoms with E-state index in [9.17, 15) is 13.2 Å². The Labute approximate surface area is 160 Å². The lowest BCUT2D eigenvalue weighted by Crippen LogP contribution is -2.47. The van der Waals surface area contributed by atoms with Crippen molar-refractivity contribution in [1.82, 2.24) is 4.90 Å². The molecule has 7 heteroatoms. The summed E-state index contributed by atoms with van der Waals surface area (Å²) in [5.41, 5.74) is 7.82. The van der Waals surface area contributed by atoms with Gasteiger partial charge in [0.1, 0.15) is 0 Å². The number of piperidine rings is 1. The molecule has 1 atom stereocenters. The Kier molecular flexibility index (Phi) is 5.82. The number of amides is 1. The molecule has 0 spiro atoms. The molecule has 1 saturated heterocycles. The normalized spacial score (nSPS) is 17.6. The second kappa shape index (κ2) is 8.10. The first-order chi connectivity index (χ1) is 12.9. The van der Waals surface area contributed by atoms with E-state index in [2.05, 4.69) is 4.72 Å². The van der Waals surface area contributed by atoms with Gasteiger partial charge in [-0.2, -0.15) is 0 Å². The molecule has 144 valence electrons. The molecule has 1 fully saturated rings. The van der Waals surface area contributed by atoms with Crippen LogP contribution in [0.5, 0.6) is 0 Å². The molecule has 3 N–H and O–H groups in total. The van der Waals surface area contributed by atoms with Crippen molar-refractivity contribution >= 4 is 21.6 Å². The maximum atomic E-state index is 12.8. The van der Waals surface area contributed by atoms with Gasteiger partial charge in [-0.25, -0.2) is 8.42 Å². The molecule has 0 aliphatic carbocycles. The second-order valence-electron chi connectivity index (χ2n) is 6.88. The maximum absolute atomic E-state index is 12.8. The molecule has 1 aliphatic heterocycles. The molecule has 0 radical (unpaired) electrons. The van der Waals surface area contributed by atoms with E-state index < -0.39 is 10.0 Å². The minimum Gasteiger partial charge on any atom is -0.334 e. The number of aryl methyl sites for hydroxylation is 1. The van der Waals surface area contributed by atoms with E-state index in [1.165, 1.54) is 12.1 Å². The van der Waals surface area contributed by atoms with Crippen LogP contribution >= 0.6 is 0 Å². The summed E-state index contributed by atoms with van der Waals surface area (Å²) in [6, 6.07) is 13.2. The smallest absolute Gasteiger partial charge is 0.261 e. The molecule has 0 bridgehead atoms. The van der Waals surface area contributed by atoms with E-state index in [0.717, 1.165) is 24.8 Å². The Bertz CT molecular complexity index is 893. The summed E-state index contributed by atoms with van der Waals surface area (Å²) in [6.07, 6.45) is 2.96. The highest BCUT2D eigenvalue weighted by atomic mass is 32.2. The first-order valence-electron chi connectivity index (χ1n) is 9.11. The lowest BCUT2D eigenvalue weighted by atomic mass is 10.0. The maximum Gasteiger partial charge on any atom is 0.261 e. The second-order valence-corrected chi connectivity index (χ2v) is 8.56. The van der Waals surface area contributed by atoms with Gasteiger partial charge in [-0.3, -0.25) is 9.52 Å². The van der Waals surface area contributed by atoms with Crippen molar-refractivity contribution in [2.24, 2.45) is 5.73 Å². The molecule has 2 aromatic carbocycles. The van der Waals surface area contributed by atoms with E-state index in [1.807, 2.05) is 19.1 Å². The van der Waals surface area contributed by atoms with Crippen LogP contribution in [0.4, 0.5) is 5.69 Å². The molecule has 3 rings (SSSR count). The molecule has 1 heterocycles. The van der Waals surface area contributed by atoms with Gasteiger partial charge in [0.2, 0.25) is 0 Å². The van der Waals surface area contributed by atoms with Crippen LogP contribution < -0.4 is 10.5 Å². The molecule has 1 unspecified atom stereocenters. The standard InChI is InChI=1S/C20H25N3O3S/c1-15-5-9-17(10-6-15)22-27(25,26)19-11-7-16(8-12-19)20(24)23-13-3-2-4-18(23)14-21/h5-12,18,22H,2-4,13-14,21H2,1H3. The summed E-state index contributed by atoms with van der Waals surface area (Å²) in [6.45, 7) is 3.07. The molecule has 2 aromatic rings. The Hall–Kier alpha value is -2.38. The van der Waals surface area contributed by atoms with Gasteiger partial charge in [-0.1, -0.05) is 17.7 Å². The van der Waals surface area contributed by atoms with Crippen molar-refractivity contribution in [1.29, 1.82) is 0 Å². The van der Waals surface area contributed by atoms with Crippen LogP contribution in [0.15, 0.2) is 53.4 Å². The van der Waals surface area contributed by atoms with Gasteiger partial charge in [0.25, 0.3) is 15.9 Å². The SMILES string of the molecule is Cc1ccc(NS(=O)(=O)c2ccc(C(=O)N3CCCCC3CN)cc2)cc1. The van der Waals surface area contributed by atoms with E-state index >= 15 is 0 Å². The quantitative estimate of drug-likeness (QED) is 0.825. The number of nitrogens with zero attached hydrogens (tertiary/aromatic N) is 1. The van der Waals surface area contributed by atoms with E-state index in [-0.39, 0.29) is 16.8 Å². The number of nitrogens with one attached hydrogen (secondary N) is 1. The zero-order valence-corrected chi connectivity index (χ0v) is 16.2. The molecule has 1 aliphatic rings. The number of carbonyl (C=O) groups excluding carboxylic acids is 1. The lowest BCUT2D eigenvalue weighted by molar-refractivity contribution is 0.0623. The van der Waals surface area contributed by atoms with Crippen molar-refractivity contribution in [3.05, 3.63) is 59.7 Å². The third-order valence-electron chi connectivity index (χ3n) is 4.88. The average molecular weight is 388 g/mol. The van der Waals surface area contributed by atoms with E-state index in [1.54, 1.807) is 29.2 Å². The molecule has 0 saturated carbocycles. The monoisotopic (exact) mass is 387 g/mol. The van der Waals surface area contributed by atoms with Gasteiger partial charge >= 0.3 is 0 Å². The molecule has 0 aromatic heterocycles. The Morgan fingerprint density at radius 3 is 2.41 bits per heavy atom. The predicted molar refractivity (Wildman–Crippen MR) is 106 cm³/mol. The van der Waals surface area contributed by atoms with Crippen LogP contribution in [0.2, 0.25) is 0 Å². The molecule has 27 heavy (non-hydrogen) atoms. The Morgan fingerprint density at radius 1 is 1.11 bits per heavy atom. The third-order valence-corrected chi connectivity index (χ3v) is 6.27. The fourth-order valence-corrected chi connectivity index (χ4v) is 4.35. The Morgan fingerprint density at radius 2 is 1.78 bits per heavy atom. The number of nitrogens with two attached hydrogens (primary N) is 1. The largest absolute Gasteiger partial charge is 0.334 e. The van der Waals surface area contributed by atoms with Crippen molar-refractivity contribution in [2.75, 3.05) is 17.8 Å². The number of hydrogen-bond donors (Lipinski definition) is 2. The van der Waals surface area contributed by atoms with E-state index in [0.29, 0.717) is 24.3 Å². The van der Waals surface area contributed by atoms with Gasteiger partial charge in [0, 0.05) is 30.4 Å². The summed E-state index contributed by atoms with van der Waals surface area (Å²) < 4.78 is 27.6. The summed E-state index contributed by atoms with van der Waals surface area (Å²) in [5.74, 6) is -0.0967. The minimum absolute atomic E-state index is 0.0536. The molecular formula is C20H25N3O3S. The number of anilines is 1. The van der Waals surface area contributed by atoms with E-state index in [4.69, 9.17) is 5.73 Å². The number of sulfonamides is 1. The van der Waals surface area contributed by atoms with Gasteiger partial charge in [-0.15, -0.1) is 0 Å². The van der Waals surface area contributed by atoms with Gasteiger partial charge < -0.3 is 10.6 Å². The van der Waals surface area contributed by atoms with Crippen molar-refractivity contribution in [3.8, 4) is 0 Å². The van der Waals surface area contributed by atoms with Gasteiger partial charge in [0.05, 0.1) is 4.90 Å². The van der Waals surface area contributed by atoms with Crippen LogP contribution in [-0.2, 0) is 10.0 Å². The summed E-state index contributed by atoms with van der Waals surface area (Å²) >= 11 is 0. The van der Waals surface area contributed by atoms with Crippen molar-refractivity contribution < 1.29 is 13.2 Å². The summed E-state index contributed by atoms with van der Waals surface area (Å²) in [7, 11) is -3.70. The average Bonchev–Trinajstić information content (AvgIpc) is 2.69. The first kappa shape index (κ1) is 19.4. The minimum atomic E-state index is -3.70. The van der Waals surface area contributed by atoms with Crippen molar-refractivity contribution in [2.45, 2.75) is 37.1 Å². The molecular weight excluding hydrogens is 362 g/mol. The number of hydrogen-bond acceptors (Lipinski definition) is 4. The van der Waals surface area contributed by atoms with Crippen molar-refractivity contribution in [3.63, 3.8) is 0 Å². The first-order valence-corrected chi connectivity index (χ1v) is 10.6. The zero-order valence-electron chi connectivity index (χ0n) is 15.4. The Balaban J connectivity index is 1.75.